The summed E-state index contributed by atoms with van der Waals surface area (Å²) >= 11 is 0. The van der Waals surface area contributed by atoms with E-state index in [1.807, 2.05) is 6.07 Å². The molecule has 0 spiro atoms. The summed E-state index contributed by atoms with van der Waals surface area (Å²) in [5, 5.41) is 3.37. The Kier molecular flexibility index (Phi) is 5.07. The van der Waals surface area contributed by atoms with Gasteiger partial charge in [0.15, 0.2) is 0 Å². The summed E-state index contributed by atoms with van der Waals surface area (Å²) in [6, 6.07) is 6.69. The average Bonchev–Trinajstić information content (AvgIpc) is 2.86. The first-order chi connectivity index (χ1) is 9.97. The van der Waals surface area contributed by atoms with Crippen LogP contribution >= 0.6 is 0 Å². The fourth-order valence-electron chi connectivity index (χ4n) is 2.25. The van der Waals surface area contributed by atoms with Gasteiger partial charge in [0.25, 0.3) is 0 Å². The van der Waals surface area contributed by atoms with Crippen LogP contribution in [0.2, 0.25) is 0 Å². The molecule has 2 aromatic rings. The minimum absolute atomic E-state index is 0.436. The van der Waals surface area contributed by atoms with Crippen LogP contribution in [0.25, 0.3) is 0 Å². The van der Waals surface area contributed by atoms with E-state index in [4.69, 9.17) is 9.15 Å². The zero-order valence-corrected chi connectivity index (χ0v) is 13.6. The molecule has 21 heavy (non-hydrogen) atoms. The molecule has 0 fully saturated rings. The van der Waals surface area contributed by atoms with Crippen molar-refractivity contribution in [2.45, 2.75) is 53.8 Å². The normalized spacial score (nSPS) is 11.1. The molecule has 0 atom stereocenters. The summed E-state index contributed by atoms with van der Waals surface area (Å²) < 4.78 is 11.5. The Morgan fingerprint density at radius 3 is 2.67 bits per heavy atom. The number of furan rings is 1. The van der Waals surface area contributed by atoms with Gasteiger partial charge in [0.2, 0.25) is 0 Å². The topological polar surface area (TPSA) is 34.4 Å². The van der Waals surface area contributed by atoms with E-state index in [0.717, 1.165) is 23.6 Å². The Balaban J connectivity index is 2.05. The van der Waals surface area contributed by atoms with E-state index in [0.29, 0.717) is 12.6 Å². The van der Waals surface area contributed by atoms with Crippen LogP contribution in [0, 0.1) is 20.8 Å². The molecule has 0 radical (unpaired) electrons. The number of hydrogen-bond acceptors (Lipinski definition) is 3. The van der Waals surface area contributed by atoms with E-state index < -0.39 is 0 Å². The van der Waals surface area contributed by atoms with Gasteiger partial charge in [-0.3, -0.25) is 0 Å². The fourth-order valence-corrected chi connectivity index (χ4v) is 2.25. The molecule has 114 valence electrons. The van der Waals surface area contributed by atoms with Crippen LogP contribution in [-0.2, 0) is 13.2 Å². The van der Waals surface area contributed by atoms with Crippen LogP contribution in [0.1, 0.15) is 41.9 Å². The van der Waals surface area contributed by atoms with Crippen LogP contribution in [0.15, 0.2) is 28.9 Å². The van der Waals surface area contributed by atoms with E-state index in [-0.39, 0.29) is 0 Å². The largest absolute Gasteiger partial charge is 0.488 e. The lowest BCUT2D eigenvalue weighted by molar-refractivity contribution is 0.298. The molecule has 0 saturated heterocycles. The molecule has 0 bridgehead atoms. The van der Waals surface area contributed by atoms with E-state index in [2.05, 4.69) is 52.1 Å². The third-order valence-corrected chi connectivity index (χ3v) is 3.66. The second kappa shape index (κ2) is 6.81. The zero-order valence-electron chi connectivity index (χ0n) is 13.6. The van der Waals surface area contributed by atoms with Gasteiger partial charge in [-0.05, 0) is 49.6 Å². The lowest BCUT2D eigenvalue weighted by atomic mass is 10.1. The number of aryl methyl sites for hydroxylation is 2. The fraction of sp³-hybridized carbons (Fsp3) is 0.444. The Labute approximate surface area is 127 Å². The number of hydrogen-bond donors (Lipinski definition) is 1. The molecule has 1 aromatic heterocycles. The van der Waals surface area contributed by atoms with Gasteiger partial charge in [0, 0.05) is 11.6 Å². The van der Waals surface area contributed by atoms with Crippen LogP contribution < -0.4 is 10.1 Å². The van der Waals surface area contributed by atoms with Crippen molar-refractivity contribution < 1.29 is 9.15 Å². The highest BCUT2D eigenvalue weighted by atomic mass is 16.5. The van der Waals surface area contributed by atoms with Crippen molar-refractivity contribution in [2.75, 3.05) is 0 Å². The lowest BCUT2D eigenvalue weighted by Crippen LogP contribution is -2.22. The van der Waals surface area contributed by atoms with Gasteiger partial charge in [0.05, 0.1) is 12.8 Å². The molecule has 2 rings (SSSR count). The predicted molar refractivity (Wildman–Crippen MR) is 85.7 cm³/mol. The molecule has 3 heteroatoms. The summed E-state index contributed by atoms with van der Waals surface area (Å²) in [6.45, 7) is 11.8. The Bertz CT molecular complexity index is 599. The summed E-state index contributed by atoms with van der Waals surface area (Å²) in [4.78, 5) is 0. The molecule has 1 N–H and O–H groups in total. The lowest BCUT2D eigenvalue weighted by Gasteiger charge is -2.13. The molecule has 0 aliphatic rings. The minimum atomic E-state index is 0.436. The maximum absolute atomic E-state index is 6.00. The Morgan fingerprint density at radius 1 is 1.19 bits per heavy atom. The van der Waals surface area contributed by atoms with Gasteiger partial charge in [-0.25, -0.2) is 0 Å². The highest BCUT2D eigenvalue weighted by Crippen LogP contribution is 2.24. The standard InChI is InChI=1S/C18H25NO2/c1-12(2)19-10-18-16(6-7-20-18)11-21-17-9-13(3)8-14(4)15(17)5/h6-9,12,19H,10-11H2,1-5H3. The molecule has 0 unspecified atom stereocenters. The van der Waals surface area contributed by atoms with E-state index in [1.54, 1.807) is 6.26 Å². The maximum atomic E-state index is 6.00. The monoisotopic (exact) mass is 287 g/mol. The zero-order chi connectivity index (χ0) is 15.4. The quantitative estimate of drug-likeness (QED) is 0.861. The van der Waals surface area contributed by atoms with Crippen molar-refractivity contribution in [1.29, 1.82) is 0 Å². The van der Waals surface area contributed by atoms with Gasteiger partial charge >= 0.3 is 0 Å². The molecule has 0 amide bonds. The predicted octanol–water partition coefficient (Wildman–Crippen LogP) is 4.28. The highest BCUT2D eigenvalue weighted by molar-refractivity contribution is 5.42. The summed E-state index contributed by atoms with van der Waals surface area (Å²) in [5.74, 6) is 1.90. The third-order valence-electron chi connectivity index (χ3n) is 3.66. The van der Waals surface area contributed by atoms with Gasteiger partial charge in [-0.2, -0.15) is 0 Å². The number of rotatable bonds is 6. The van der Waals surface area contributed by atoms with Crippen LogP contribution in [0.4, 0.5) is 0 Å². The molecule has 1 heterocycles. The van der Waals surface area contributed by atoms with Crippen LogP contribution in [-0.4, -0.2) is 6.04 Å². The maximum Gasteiger partial charge on any atom is 0.124 e. The smallest absolute Gasteiger partial charge is 0.124 e. The van der Waals surface area contributed by atoms with Crippen molar-refractivity contribution in [3.05, 3.63) is 52.5 Å². The molecule has 0 saturated carbocycles. The van der Waals surface area contributed by atoms with Crippen molar-refractivity contribution in [3.8, 4) is 5.75 Å². The van der Waals surface area contributed by atoms with Crippen molar-refractivity contribution >= 4 is 0 Å². The second-order valence-electron chi connectivity index (χ2n) is 5.90. The van der Waals surface area contributed by atoms with Crippen LogP contribution in [0.5, 0.6) is 5.75 Å². The molecule has 3 nitrogen and oxygen atoms in total. The minimum Gasteiger partial charge on any atom is -0.488 e. The number of nitrogens with one attached hydrogen (secondary N) is 1. The first-order valence-corrected chi connectivity index (χ1v) is 7.46. The number of benzene rings is 1. The first kappa shape index (κ1) is 15.6. The van der Waals surface area contributed by atoms with Gasteiger partial charge < -0.3 is 14.5 Å². The molecule has 0 aliphatic heterocycles. The first-order valence-electron chi connectivity index (χ1n) is 7.46. The summed E-state index contributed by atoms with van der Waals surface area (Å²) in [6.07, 6.45) is 1.73. The highest BCUT2D eigenvalue weighted by Gasteiger charge is 2.09. The second-order valence-corrected chi connectivity index (χ2v) is 5.90. The third kappa shape index (κ3) is 4.11. The van der Waals surface area contributed by atoms with Gasteiger partial charge in [-0.15, -0.1) is 0 Å². The van der Waals surface area contributed by atoms with Gasteiger partial charge in [-0.1, -0.05) is 19.9 Å². The molecule has 0 aliphatic carbocycles. The Morgan fingerprint density at radius 2 is 1.95 bits per heavy atom. The van der Waals surface area contributed by atoms with Gasteiger partial charge in [0.1, 0.15) is 18.1 Å². The van der Waals surface area contributed by atoms with Crippen molar-refractivity contribution in [3.63, 3.8) is 0 Å². The van der Waals surface area contributed by atoms with Crippen molar-refractivity contribution in [2.24, 2.45) is 0 Å². The van der Waals surface area contributed by atoms with E-state index >= 15 is 0 Å². The van der Waals surface area contributed by atoms with Crippen LogP contribution in [0.3, 0.4) is 0 Å². The molecule has 1 aromatic carbocycles. The summed E-state index contributed by atoms with van der Waals surface area (Å²) in [5.41, 5.74) is 4.79. The number of ether oxygens (including phenoxy) is 1. The molecular weight excluding hydrogens is 262 g/mol. The van der Waals surface area contributed by atoms with E-state index in [9.17, 15) is 0 Å². The average molecular weight is 287 g/mol. The summed E-state index contributed by atoms with van der Waals surface area (Å²) in [7, 11) is 0. The van der Waals surface area contributed by atoms with Crippen molar-refractivity contribution in [1.82, 2.24) is 5.32 Å². The Hall–Kier alpha value is -1.74. The molecular formula is C18H25NO2. The van der Waals surface area contributed by atoms with E-state index in [1.165, 1.54) is 16.7 Å². The SMILES string of the molecule is Cc1cc(C)c(C)c(OCc2ccoc2CNC(C)C)c1.